The molecular formula is C17H15N7. The maximum Gasteiger partial charge on any atom is 0.217 e. The van der Waals surface area contributed by atoms with Gasteiger partial charge in [0, 0.05) is 29.3 Å². The van der Waals surface area contributed by atoms with Gasteiger partial charge in [-0.1, -0.05) is 0 Å². The molecule has 118 valence electrons. The van der Waals surface area contributed by atoms with E-state index >= 15 is 0 Å². The second-order valence-electron chi connectivity index (χ2n) is 6.31. The van der Waals surface area contributed by atoms with Crippen LogP contribution in [0.15, 0.2) is 31.0 Å². The molecule has 0 aliphatic heterocycles. The van der Waals surface area contributed by atoms with Crippen LogP contribution in [-0.2, 0) is 5.54 Å². The van der Waals surface area contributed by atoms with Crippen LogP contribution in [0.3, 0.4) is 0 Å². The van der Waals surface area contributed by atoms with Gasteiger partial charge in [-0.15, -0.1) is 0 Å². The SMILES string of the molecule is [C-]#[N+]CC1CC(CC#N)(n2cc(-c3ncnc4[nH]ccc34)cn2)C1. The molecule has 0 saturated heterocycles. The van der Waals surface area contributed by atoms with Gasteiger partial charge in [-0.2, -0.15) is 10.4 Å². The summed E-state index contributed by atoms with van der Waals surface area (Å²) in [6.45, 7) is 7.53. The molecule has 7 nitrogen and oxygen atoms in total. The van der Waals surface area contributed by atoms with Crippen LogP contribution < -0.4 is 0 Å². The van der Waals surface area contributed by atoms with Crippen molar-refractivity contribution >= 4 is 11.0 Å². The van der Waals surface area contributed by atoms with Crippen LogP contribution >= 0.6 is 0 Å². The second kappa shape index (κ2) is 5.47. The predicted octanol–water partition coefficient (Wildman–Crippen LogP) is 2.76. The first kappa shape index (κ1) is 14.4. The van der Waals surface area contributed by atoms with Crippen LogP contribution in [-0.4, -0.2) is 31.3 Å². The minimum atomic E-state index is -0.285. The van der Waals surface area contributed by atoms with E-state index in [1.165, 1.54) is 6.33 Å². The van der Waals surface area contributed by atoms with Gasteiger partial charge in [-0.25, -0.2) is 16.5 Å². The summed E-state index contributed by atoms with van der Waals surface area (Å²) in [5.41, 5.74) is 2.25. The average Bonchev–Trinajstić information content (AvgIpc) is 3.21. The number of hydrogen-bond acceptors (Lipinski definition) is 4. The van der Waals surface area contributed by atoms with Gasteiger partial charge < -0.3 is 9.83 Å². The quantitative estimate of drug-likeness (QED) is 0.749. The van der Waals surface area contributed by atoms with Crippen LogP contribution in [0, 0.1) is 23.8 Å². The van der Waals surface area contributed by atoms with Crippen molar-refractivity contribution in [1.29, 1.82) is 5.26 Å². The van der Waals surface area contributed by atoms with E-state index in [1.807, 2.05) is 23.1 Å². The molecule has 0 aromatic carbocycles. The van der Waals surface area contributed by atoms with Gasteiger partial charge in [0.2, 0.25) is 6.54 Å². The zero-order valence-corrected chi connectivity index (χ0v) is 13.0. The number of rotatable bonds is 4. The predicted molar refractivity (Wildman–Crippen MR) is 87.5 cm³/mol. The van der Waals surface area contributed by atoms with Crippen molar-refractivity contribution < 1.29 is 0 Å². The highest BCUT2D eigenvalue weighted by Gasteiger charge is 2.47. The Bertz CT molecular complexity index is 963. The topological polar surface area (TPSA) is 87.5 Å². The minimum absolute atomic E-state index is 0.285. The van der Waals surface area contributed by atoms with Crippen molar-refractivity contribution in [3.8, 4) is 17.3 Å². The molecule has 1 aliphatic rings. The highest BCUT2D eigenvalue weighted by atomic mass is 15.3. The Morgan fingerprint density at radius 1 is 1.46 bits per heavy atom. The van der Waals surface area contributed by atoms with E-state index in [0.717, 1.165) is 35.1 Å². The molecule has 3 heterocycles. The van der Waals surface area contributed by atoms with Gasteiger partial charge in [-0.05, 0) is 18.9 Å². The molecule has 0 amide bonds. The third-order valence-electron chi connectivity index (χ3n) is 4.79. The number of hydrogen-bond donors (Lipinski definition) is 1. The summed E-state index contributed by atoms with van der Waals surface area (Å²) in [7, 11) is 0. The van der Waals surface area contributed by atoms with E-state index in [0.29, 0.717) is 18.9 Å². The van der Waals surface area contributed by atoms with E-state index in [9.17, 15) is 5.26 Å². The summed E-state index contributed by atoms with van der Waals surface area (Å²) in [4.78, 5) is 15.1. The monoisotopic (exact) mass is 317 g/mol. The Morgan fingerprint density at radius 3 is 3.12 bits per heavy atom. The summed E-state index contributed by atoms with van der Waals surface area (Å²) in [6, 6.07) is 4.22. The molecule has 4 rings (SSSR count). The van der Waals surface area contributed by atoms with Gasteiger partial charge in [-0.3, -0.25) is 4.68 Å². The van der Waals surface area contributed by atoms with Crippen LogP contribution in [0.4, 0.5) is 0 Å². The molecule has 1 aliphatic carbocycles. The minimum Gasteiger partial charge on any atom is -0.346 e. The van der Waals surface area contributed by atoms with E-state index in [2.05, 4.69) is 31.0 Å². The zero-order valence-electron chi connectivity index (χ0n) is 13.0. The van der Waals surface area contributed by atoms with Gasteiger partial charge in [0.15, 0.2) is 0 Å². The van der Waals surface area contributed by atoms with E-state index in [1.54, 1.807) is 6.20 Å². The van der Waals surface area contributed by atoms with Gasteiger partial charge in [0.25, 0.3) is 0 Å². The van der Waals surface area contributed by atoms with Crippen LogP contribution in [0.2, 0.25) is 0 Å². The first-order chi connectivity index (χ1) is 11.8. The Kier molecular flexibility index (Phi) is 3.28. The summed E-state index contributed by atoms with van der Waals surface area (Å²) in [6.07, 6.45) is 9.18. The van der Waals surface area contributed by atoms with Crippen LogP contribution in [0.1, 0.15) is 19.3 Å². The first-order valence-electron chi connectivity index (χ1n) is 7.79. The van der Waals surface area contributed by atoms with Crippen molar-refractivity contribution in [2.24, 2.45) is 5.92 Å². The fourth-order valence-electron chi connectivity index (χ4n) is 3.64. The van der Waals surface area contributed by atoms with Crippen molar-refractivity contribution in [2.45, 2.75) is 24.8 Å². The number of H-pyrrole nitrogens is 1. The van der Waals surface area contributed by atoms with Crippen molar-refractivity contribution in [3.05, 3.63) is 42.4 Å². The first-order valence-corrected chi connectivity index (χ1v) is 7.79. The summed E-state index contributed by atoms with van der Waals surface area (Å²) < 4.78 is 1.90. The van der Waals surface area contributed by atoms with Gasteiger partial charge in [0.05, 0.1) is 29.9 Å². The van der Waals surface area contributed by atoms with Crippen LogP contribution in [0.25, 0.3) is 27.1 Å². The maximum atomic E-state index is 9.21. The molecule has 1 saturated carbocycles. The molecule has 3 aromatic heterocycles. The standard InChI is InChI=1S/C17H15N7/c1-19-8-12-6-17(7-12,3-4-18)24-10-13(9-23-24)15-14-2-5-20-16(14)22-11-21-15/h2,5,9-12H,3,6-8H2,(H,20,21,22). The van der Waals surface area contributed by atoms with E-state index in [4.69, 9.17) is 6.57 Å². The number of nitrogens with zero attached hydrogens (tertiary/aromatic N) is 6. The number of aromatic nitrogens is 5. The fraction of sp³-hybridized carbons (Fsp3) is 0.353. The van der Waals surface area contributed by atoms with Gasteiger partial charge in [0.1, 0.15) is 12.0 Å². The number of aromatic amines is 1. The Labute approximate surface area is 138 Å². The molecule has 7 heteroatoms. The molecule has 0 bridgehead atoms. The number of nitriles is 1. The second-order valence-corrected chi connectivity index (χ2v) is 6.31. The lowest BCUT2D eigenvalue weighted by atomic mass is 9.67. The molecule has 0 atom stereocenters. The zero-order chi connectivity index (χ0) is 16.6. The molecule has 1 N–H and O–H groups in total. The normalized spacial score (nSPS) is 22.7. The third-order valence-corrected chi connectivity index (χ3v) is 4.79. The van der Waals surface area contributed by atoms with E-state index < -0.39 is 0 Å². The molecular weight excluding hydrogens is 302 g/mol. The Hall–Kier alpha value is -3.19. The van der Waals surface area contributed by atoms with Gasteiger partial charge >= 0.3 is 0 Å². The fourth-order valence-corrected chi connectivity index (χ4v) is 3.64. The number of nitrogens with one attached hydrogen (secondary N) is 1. The third kappa shape index (κ3) is 2.14. The molecule has 0 unspecified atom stereocenters. The summed E-state index contributed by atoms with van der Waals surface area (Å²) >= 11 is 0. The van der Waals surface area contributed by atoms with Crippen molar-refractivity contribution in [3.63, 3.8) is 0 Å². The average molecular weight is 317 g/mol. The Balaban J connectivity index is 1.69. The maximum absolute atomic E-state index is 9.21. The number of fused-ring (bicyclic) bond motifs is 1. The molecule has 3 aromatic rings. The highest BCUT2D eigenvalue weighted by molar-refractivity contribution is 5.89. The van der Waals surface area contributed by atoms with E-state index in [-0.39, 0.29) is 5.54 Å². The summed E-state index contributed by atoms with van der Waals surface area (Å²) in [5, 5.41) is 14.7. The van der Waals surface area contributed by atoms with Crippen LogP contribution in [0.5, 0.6) is 0 Å². The summed E-state index contributed by atoms with van der Waals surface area (Å²) in [5.74, 6) is 0.360. The lowest BCUT2D eigenvalue weighted by Crippen LogP contribution is -2.47. The lowest BCUT2D eigenvalue weighted by Gasteiger charge is -2.44. The molecule has 24 heavy (non-hydrogen) atoms. The lowest BCUT2D eigenvalue weighted by molar-refractivity contribution is 0.0665. The smallest absolute Gasteiger partial charge is 0.217 e. The Morgan fingerprint density at radius 2 is 2.33 bits per heavy atom. The molecule has 1 fully saturated rings. The molecule has 0 spiro atoms. The van der Waals surface area contributed by atoms with Crippen molar-refractivity contribution in [2.75, 3.05) is 6.54 Å². The molecule has 0 radical (unpaired) electrons. The largest absolute Gasteiger partial charge is 0.346 e. The van der Waals surface area contributed by atoms with Crippen molar-refractivity contribution in [1.82, 2.24) is 24.7 Å². The highest BCUT2D eigenvalue weighted by Crippen LogP contribution is 2.46.